The van der Waals surface area contributed by atoms with Gasteiger partial charge in [-0.05, 0) is 0 Å². The van der Waals surface area contributed by atoms with Gasteiger partial charge in [0.15, 0.2) is 7.05 Å². The topological polar surface area (TPSA) is 75.4 Å². The second-order valence-corrected chi connectivity index (χ2v) is 0.663. The largest absolute Gasteiger partial charge is 0.317 e. The standard InChI is InChI=1S/CH3NO2.CH5NO/c1-2(3)4;1-2-3/h1H3;2-3H,1H3. The number of hydroxylamine groups is 1. The van der Waals surface area contributed by atoms with Gasteiger partial charge in [0.05, 0.1) is 0 Å². The Morgan fingerprint density at radius 1 is 1.86 bits per heavy atom. The summed E-state index contributed by atoms with van der Waals surface area (Å²) in [5.74, 6) is 0. The molecule has 0 spiro atoms. The minimum atomic E-state index is -0.500. The third-order valence-electron chi connectivity index (χ3n) is 0. The van der Waals surface area contributed by atoms with Gasteiger partial charge in [-0.2, -0.15) is 0 Å². The van der Waals surface area contributed by atoms with Gasteiger partial charge in [-0.25, -0.2) is 5.48 Å². The second-order valence-electron chi connectivity index (χ2n) is 0.663. The van der Waals surface area contributed by atoms with E-state index in [1.54, 1.807) is 5.48 Å². The van der Waals surface area contributed by atoms with Gasteiger partial charge in [0.1, 0.15) is 0 Å². The van der Waals surface area contributed by atoms with E-state index in [0.717, 1.165) is 7.05 Å². The summed E-state index contributed by atoms with van der Waals surface area (Å²) in [6, 6.07) is 0. The van der Waals surface area contributed by atoms with Crippen molar-refractivity contribution in [1.29, 1.82) is 0 Å². The van der Waals surface area contributed by atoms with Crippen LogP contribution in [0.1, 0.15) is 0 Å². The Bertz CT molecular complexity index is 42.2. The summed E-state index contributed by atoms with van der Waals surface area (Å²) < 4.78 is 0. The van der Waals surface area contributed by atoms with Crippen molar-refractivity contribution in [2.75, 3.05) is 14.1 Å². The fourth-order valence-corrected chi connectivity index (χ4v) is 0. The maximum atomic E-state index is 8.81. The van der Waals surface area contributed by atoms with Gasteiger partial charge in [0, 0.05) is 12.0 Å². The molecule has 0 heterocycles. The van der Waals surface area contributed by atoms with Gasteiger partial charge in [-0.1, -0.05) is 0 Å². The molecule has 0 saturated carbocycles. The zero-order valence-electron chi connectivity index (χ0n) is 4.21. The van der Waals surface area contributed by atoms with Gasteiger partial charge >= 0.3 is 0 Å². The van der Waals surface area contributed by atoms with Crippen LogP contribution in [0.5, 0.6) is 0 Å². The Labute approximate surface area is 41.1 Å². The normalized spacial score (nSPS) is 6.14. The van der Waals surface area contributed by atoms with Crippen LogP contribution in [0.4, 0.5) is 0 Å². The van der Waals surface area contributed by atoms with E-state index in [2.05, 4.69) is 0 Å². The minimum Gasteiger partial charge on any atom is -0.317 e. The van der Waals surface area contributed by atoms with Crippen LogP contribution in [0.15, 0.2) is 0 Å². The van der Waals surface area contributed by atoms with Gasteiger partial charge in [0.2, 0.25) is 0 Å². The van der Waals surface area contributed by atoms with Crippen LogP contribution >= 0.6 is 0 Å². The predicted octanol–water partition coefficient (Wildman–Crippen LogP) is -0.512. The smallest absolute Gasteiger partial charge is 0.194 e. The van der Waals surface area contributed by atoms with Crippen LogP contribution in [-0.4, -0.2) is 24.2 Å². The Morgan fingerprint density at radius 2 is 1.86 bits per heavy atom. The van der Waals surface area contributed by atoms with Crippen LogP contribution in [0, 0.1) is 10.1 Å². The molecular weight excluding hydrogens is 100 g/mol. The first kappa shape index (κ1) is 9.58. The molecule has 0 aliphatic carbocycles. The molecule has 0 fully saturated rings. The Morgan fingerprint density at radius 3 is 1.86 bits per heavy atom. The molecule has 0 unspecified atom stereocenters. The van der Waals surface area contributed by atoms with Crippen molar-refractivity contribution < 1.29 is 10.1 Å². The number of hydrogen-bond donors (Lipinski definition) is 2. The average Bonchev–Trinajstić information content (AvgIpc) is 1.33. The lowest BCUT2D eigenvalue weighted by Gasteiger charge is -1.63. The summed E-state index contributed by atoms with van der Waals surface area (Å²) in [4.78, 5) is 8.31. The average molecular weight is 108 g/mol. The molecule has 0 aliphatic rings. The zero-order chi connectivity index (χ0) is 6.28. The number of nitro groups is 1. The summed E-state index contributed by atoms with van der Waals surface area (Å²) in [6.07, 6.45) is 0. The highest BCUT2D eigenvalue weighted by Crippen LogP contribution is 1.39. The van der Waals surface area contributed by atoms with E-state index in [1.807, 2.05) is 0 Å². The Kier molecular flexibility index (Phi) is 12.3. The SMILES string of the molecule is CNO.C[N+](=O)[O-]. The molecule has 5 heteroatoms. The number of rotatable bonds is 0. The summed E-state index contributed by atoms with van der Waals surface area (Å²) in [5.41, 5.74) is 1.75. The van der Waals surface area contributed by atoms with E-state index in [9.17, 15) is 0 Å². The van der Waals surface area contributed by atoms with Crippen LogP contribution in [0.25, 0.3) is 0 Å². The van der Waals surface area contributed by atoms with Gasteiger partial charge in [0.25, 0.3) is 0 Å². The van der Waals surface area contributed by atoms with Crippen molar-refractivity contribution in [3.63, 3.8) is 0 Å². The molecule has 0 aromatic carbocycles. The fourth-order valence-electron chi connectivity index (χ4n) is 0. The fraction of sp³-hybridized carbons (Fsp3) is 1.00. The summed E-state index contributed by atoms with van der Waals surface area (Å²) in [6.45, 7) is 0. The van der Waals surface area contributed by atoms with Crippen molar-refractivity contribution in [1.82, 2.24) is 5.48 Å². The summed E-state index contributed by atoms with van der Waals surface area (Å²) in [7, 11) is 2.32. The lowest BCUT2D eigenvalue weighted by Crippen LogP contribution is -1.91. The predicted molar refractivity (Wildman–Crippen MR) is 23.8 cm³/mol. The third kappa shape index (κ3) is 127. The molecule has 0 atom stereocenters. The highest BCUT2D eigenvalue weighted by atomic mass is 16.6. The molecule has 0 bridgehead atoms. The van der Waals surface area contributed by atoms with Crippen LogP contribution in [-0.2, 0) is 0 Å². The summed E-state index contributed by atoms with van der Waals surface area (Å²) in [5, 5.41) is 16.1. The molecule has 0 aromatic heterocycles. The van der Waals surface area contributed by atoms with Crippen molar-refractivity contribution in [2.45, 2.75) is 0 Å². The Hall–Kier alpha value is -0.680. The molecule has 0 rings (SSSR count). The monoisotopic (exact) mass is 108 g/mol. The van der Waals surface area contributed by atoms with E-state index < -0.39 is 4.92 Å². The lowest BCUT2D eigenvalue weighted by molar-refractivity contribution is -0.445. The molecule has 0 amide bonds. The maximum Gasteiger partial charge on any atom is 0.194 e. The lowest BCUT2D eigenvalue weighted by atomic mass is 11.5. The number of nitrogens with one attached hydrogen (secondary N) is 1. The molecule has 0 radical (unpaired) electrons. The van der Waals surface area contributed by atoms with Crippen molar-refractivity contribution in [3.8, 4) is 0 Å². The second kappa shape index (κ2) is 9.01. The van der Waals surface area contributed by atoms with E-state index in [1.165, 1.54) is 7.05 Å². The first-order valence-electron chi connectivity index (χ1n) is 1.54. The van der Waals surface area contributed by atoms with Gasteiger partial charge < -0.3 is 5.21 Å². The number of hydrogen-bond acceptors (Lipinski definition) is 4. The van der Waals surface area contributed by atoms with Crippen LogP contribution in [0.2, 0.25) is 0 Å². The molecule has 0 saturated heterocycles. The first-order valence-corrected chi connectivity index (χ1v) is 1.54. The maximum absolute atomic E-state index is 8.81. The molecule has 0 aromatic rings. The quantitative estimate of drug-likeness (QED) is 0.323. The van der Waals surface area contributed by atoms with E-state index in [0.29, 0.717) is 0 Å². The molecule has 5 nitrogen and oxygen atoms in total. The zero-order valence-corrected chi connectivity index (χ0v) is 4.21. The van der Waals surface area contributed by atoms with Gasteiger partial charge in [-0.15, -0.1) is 0 Å². The van der Waals surface area contributed by atoms with E-state index in [-0.39, 0.29) is 0 Å². The highest BCUT2D eigenvalue weighted by Gasteiger charge is 1.57. The van der Waals surface area contributed by atoms with E-state index >= 15 is 0 Å². The molecule has 7 heavy (non-hydrogen) atoms. The number of nitrogens with zero attached hydrogens (tertiary/aromatic N) is 1. The highest BCUT2D eigenvalue weighted by molar-refractivity contribution is 3.91. The Balaban J connectivity index is 0. The van der Waals surface area contributed by atoms with Crippen LogP contribution < -0.4 is 5.48 Å². The van der Waals surface area contributed by atoms with Gasteiger partial charge in [-0.3, -0.25) is 10.1 Å². The van der Waals surface area contributed by atoms with Crippen molar-refractivity contribution in [2.24, 2.45) is 0 Å². The van der Waals surface area contributed by atoms with Crippen LogP contribution in [0.3, 0.4) is 0 Å². The molecule has 2 N–H and O–H groups in total. The van der Waals surface area contributed by atoms with Crippen molar-refractivity contribution >= 4 is 0 Å². The molecule has 44 valence electrons. The van der Waals surface area contributed by atoms with Crippen molar-refractivity contribution in [3.05, 3.63) is 10.1 Å². The minimum absolute atomic E-state index is 0.500. The summed E-state index contributed by atoms with van der Waals surface area (Å²) >= 11 is 0. The first-order chi connectivity index (χ1) is 3.15. The van der Waals surface area contributed by atoms with E-state index in [4.69, 9.17) is 15.3 Å². The molecule has 0 aliphatic heterocycles. The molecular formula is C2H8N2O3. The third-order valence-corrected chi connectivity index (χ3v) is 0.